The van der Waals surface area contributed by atoms with Gasteiger partial charge < -0.3 is 4.74 Å². The van der Waals surface area contributed by atoms with Gasteiger partial charge in [-0.1, -0.05) is 0 Å². The van der Waals surface area contributed by atoms with Gasteiger partial charge in [0.05, 0.1) is 17.7 Å². The average Bonchev–Trinajstić information content (AvgIpc) is 2.57. The van der Waals surface area contributed by atoms with Gasteiger partial charge in [0, 0.05) is 6.20 Å². The van der Waals surface area contributed by atoms with E-state index in [-0.39, 0.29) is 5.97 Å². The van der Waals surface area contributed by atoms with Crippen LogP contribution in [0.25, 0.3) is 5.52 Å². The fourth-order valence-electron chi connectivity index (χ4n) is 1.30. The second kappa shape index (κ2) is 4.02. The number of nitrogens with zero attached hydrogens (tertiary/aromatic N) is 2. The summed E-state index contributed by atoms with van der Waals surface area (Å²) in [6.45, 7) is 2.17. The van der Waals surface area contributed by atoms with E-state index in [4.69, 9.17) is 4.74 Å². The summed E-state index contributed by atoms with van der Waals surface area (Å²) >= 11 is 3.27. The van der Waals surface area contributed by atoms with E-state index < -0.39 is 0 Å². The van der Waals surface area contributed by atoms with E-state index >= 15 is 0 Å². The highest BCUT2D eigenvalue weighted by molar-refractivity contribution is 9.10. The highest BCUT2D eigenvalue weighted by Gasteiger charge is 2.07. The van der Waals surface area contributed by atoms with Crippen LogP contribution >= 0.6 is 15.9 Å². The maximum Gasteiger partial charge on any atom is 0.338 e. The summed E-state index contributed by atoms with van der Waals surface area (Å²) in [6.07, 6.45) is 1.73. The van der Waals surface area contributed by atoms with Crippen molar-refractivity contribution in [1.29, 1.82) is 0 Å². The molecule has 0 aliphatic carbocycles. The minimum absolute atomic E-state index is 0.308. The molecule has 0 fully saturated rings. The zero-order valence-electron chi connectivity index (χ0n) is 8.11. The molecule has 0 spiro atoms. The Labute approximate surface area is 95.0 Å². The van der Waals surface area contributed by atoms with Gasteiger partial charge in [0.2, 0.25) is 0 Å². The van der Waals surface area contributed by atoms with Crippen molar-refractivity contribution in [2.45, 2.75) is 6.92 Å². The van der Waals surface area contributed by atoms with E-state index in [0.29, 0.717) is 12.2 Å². The Morgan fingerprint density at radius 2 is 2.40 bits per heavy atom. The number of carbonyl (C=O) groups excluding carboxylic acids is 1. The minimum atomic E-state index is -0.308. The molecule has 5 heteroatoms. The summed E-state index contributed by atoms with van der Waals surface area (Å²) in [6, 6.07) is 5.27. The lowest BCUT2D eigenvalue weighted by atomic mass is 10.2. The van der Waals surface area contributed by atoms with Gasteiger partial charge in [-0.25, -0.2) is 9.31 Å². The van der Waals surface area contributed by atoms with Gasteiger partial charge >= 0.3 is 5.97 Å². The van der Waals surface area contributed by atoms with Gasteiger partial charge in [-0.15, -0.1) is 0 Å². The molecule has 2 aromatic heterocycles. The van der Waals surface area contributed by atoms with Crippen LogP contribution in [0.3, 0.4) is 0 Å². The molecule has 0 bridgehead atoms. The predicted octanol–water partition coefficient (Wildman–Crippen LogP) is 2.27. The van der Waals surface area contributed by atoms with Gasteiger partial charge in [-0.3, -0.25) is 0 Å². The summed E-state index contributed by atoms with van der Waals surface area (Å²) < 4.78 is 7.33. The van der Waals surface area contributed by atoms with Gasteiger partial charge in [0.15, 0.2) is 0 Å². The normalized spacial score (nSPS) is 10.5. The van der Waals surface area contributed by atoms with Crippen molar-refractivity contribution < 1.29 is 9.53 Å². The van der Waals surface area contributed by atoms with Crippen molar-refractivity contribution in [2.24, 2.45) is 0 Å². The fraction of sp³-hybridized carbons (Fsp3) is 0.200. The molecule has 0 N–H and O–H groups in total. The summed E-state index contributed by atoms with van der Waals surface area (Å²) in [5, 5.41) is 4.14. The van der Waals surface area contributed by atoms with Crippen LogP contribution in [0.15, 0.2) is 29.0 Å². The predicted molar refractivity (Wildman–Crippen MR) is 58.8 cm³/mol. The summed E-state index contributed by atoms with van der Waals surface area (Å²) in [5.74, 6) is -0.308. The van der Waals surface area contributed by atoms with Gasteiger partial charge in [-0.05, 0) is 41.1 Å². The number of halogens is 1. The van der Waals surface area contributed by atoms with E-state index in [2.05, 4.69) is 21.0 Å². The fourth-order valence-corrected chi connectivity index (χ4v) is 1.71. The van der Waals surface area contributed by atoms with Gasteiger partial charge in [-0.2, -0.15) is 5.10 Å². The zero-order chi connectivity index (χ0) is 10.8. The van der Waals surface area contributed by atoms with Crippen LogP contribution in [0.2, 0.25) is 0 Å². The van der Waals surface area contributed by atoms with Crippen molar-refractivity contribution in [3.63, 3.8) is 0 Å². The second-order valence-corrected chi connectivity index (χ2v) is 3.78. The summed E-state index contributed by atoms with van der Waals surface area (Å²) in [7, 11) is 0. The third-order valence-corrected chi connectivity index (χ3v) is 2.33. The Morgan fingerprint density at radius 3 is 3.13 bits per heavy atom. The Morgan fingerprint density at radius 1 is 1.60 bits per heavy atom. The number of ether oxygens (including phenoxy) is 1. The van der Waals surface area contributed by atoms with Crippen molar-refractivity contribution in [1.82, 2.24) is 9.61 Å². The number of esters is 1. The van der Waals surface area contributed by atoms with Crippen molar-refractivity contribution in [3.05, 3.63) is 34.6 Å². The minimum Gasteiger partial charge on any atom is -0.462 e. The maximum absolute atomic E-state index is 11.4. The molecule has 78 valence electrons. The highest BCUT2D eigenvalue weighted by atomic mass is 79.9. The molecule has 0 saturated heterocycles. The Hall–Kier alpha value is -1.36. The monoisotopic (exact) mass is 268 g/mol. The van der Waals surface area contributed by atoms with E-state index in [0.717, 1.165) is 10.1 Å². The number of hydrogen-bond donors (Lipinski definition) is 0. The van der Waals surface area contributed by atoms with Crippen LogP contribution in [0.4, 0.5) is 0 Å². The van der Waals surface area contributed by atoms with Crippen LogP contribution in [-0.4, -0.2) is 22.2 Å². The number of rotatable bonds is 2. The molecular formula is C10H9BrN2O2. The first-order chi connectivity index (χ1) is 7.20. The molecule has 0 aliphatic rings. The summed E-state index contributed by atoms with van der Waals surface area (Å²) in [5.41, 5.74) is 1.39. The molecule has 0 unspecified atom stereocenters. The average molecular weight is 269 g/mol. The Bertz CT molecular complexity index is 507. The van der Waals surface area contributed by atoms with Crippen LogP contribution in [0.1, 0.15) is 17.3 Å². The summed E-state index contributed by atoms with van der Waals surface area (Å²) in [4.78, 5) is 11.4. The topological polar surface area (TPSA) is 43.6 Å². The molecule has 2 rings (SSSR count). The number of fused-ring (bicyclic) bond motifs is 1. The second-order valence-electron chi connectivity index (χ2n) is 2.97. The van der Waals surface area contributed by atoms with Crippen LogP contribution in [0.5, 0.6) is 0 Å². The van der Waals surface area contributed by atoms with Crippen molar-refractivity contribution >= 4 is 27.4 Å². The third-order valence-electron chi connectivity index (χ3n) is 1.94. The third kappa shape index (κ3) is 2.02. The van der Waals surface area contributed by atoms with E-state index in [1.54, 1.807) is 29.8 Å². The SMILES string of the molecule is CCOC(=O)c1ccn2nc(Br)cc2c1. The largest absolute Gasteiger partial charge is 0.462 e. The molecule has 0 aliphatic heterocycles. The smallest absolute Gasteiger partial charge is 0.338 e. The molecule has 2 heterocycles. The zero-order valence-corrected chi connectivity index (χ0v) is 9.69. The van der Waals surface area contributed by atoms with Crippen LogP contribution in [0, 0.1) is 0 Å². The number of hydrogen-bond acceptors (Lipinski definition) is 3. The van der Waals surface area contributed by atoms with E-state index in [9.17, 15) is 4.79 Å². The van der Waals surface area contributed by atoms with Crippen LogP contribution in [-0.2, 0) is 4.74 Å². The van der Waals surface area contributed by atoms with E-state index in [1.165, 1.54) is 0 Å². The lowest BCUT2D eigenvalue weighted by molar-refractivity contribution is 0.0526. The molecule has 0 saturated carbocycles. The first-order valence-corrected chi connectivity index (χ1v) is 5.32. The molecule has 0 amide bonds. The number of pyridine rings is 1. The van der Waals surface area contributed by atoms with Crippen molar-refractivity contribution in [2.75, 3.05) is 6.61 Å². The molecule has 4 nitrogen and oxygen atoms in total. The van der Waals surface area contributed by atoms with Crippen molar-refractivity contribution in [3.8, 4) is 0 Å². The van der Waals surface area contributed by atoms with Crippen LogP contribution < -0.4 is 0 Å². The first kappa shape index (κ1) is 10.2. The molecule has 0 atom stereocenters. The quantitative estimate of drug-likeness (QED) is 0.785. The molecule has 0 aromatic carbocycles. The number of aromatic nitrogens is 2. The molecular weight excluding hydrogens is 260 g/mol. The first-order valence-electron chi connectivity index (χ1n) is 4.53. The molecule has 0 radical (unpaired) electrons. The van der Waals surface area contributed by atoms with E-state index in [1.807, 2.05) is 6.07 Å². The standard InChI is InChI=1S/C10H9BrN2O2/c1-2-15-10(14)7-3-4-13-8(5-7)6-9(11)12-13/h3-6H,2H2,1H3. The van der Waals surface area contributed by atoms with Gasteiger partial charge in [0.25, 0.3) is 0 Å². The Kier molecular flexibility index (Phi) is 2.73. The highest BCUT2D eigenvalue weighted by Crippen LogP contribution is 2.13. The molecule has 2 aromatic rings. The number of carbonyl (C=O) groups is 1. The Balaban J connectivity index is 2.41. The van der Waals surface area contributed by atoms with Gasteiger partial charge in [0.1, 0.15) is 4.60 Å². The molecule has 15 heavy (non-hydrogen) atoms. The maximum atomic E-state index is 11.4. The lowest BCUT2D eigenvalue weighted by Crippen LogP contribution is -2.05. The lowest BCUT2D eigenvalue weighted by Gasteiger charge is -2.01.